The van der Waals surface area contributed by atoms with Crippen molar-refractivity contribution < 1.29 is 14.3 Å². The summed E-state index contributed by atoms with van der Waals surface area (Å²) < 4.78 is 12.6. The first kappa shape index (κ1) is 18.2. The van der Waals surface area contributed by atoms with Crippen LogP contribution in [0.25, 0.3) is 10.9 Å². The van der Waals surface area contributed by atoms with Gasteiger partial charge in [-0.25, -0.2) is 0 Å². The maximum atomic E-state index is 12.6. The van der Waals surface area contributed by atoms with Crippen LogP contribution in [0.5, 0.6) is 11.5 Å². The number of ether oxygens (including phenoxy) is 2. The SMILES string of the molecule is COc1cc2cc(C(=O)NCCSc3ccccc3)n(C)c2cc1OC. The molecular formula is C20H22N2O3S. The summed E-state index contributed by atoms with van der Waals surface area (Å²) in [7, 11) is 5.08. The zero-order chi connectivity index (χ0) is 18.5. The lowest BCUT2D eigenvalue weighted by Crippen LogP contribution is -2.27. The number of nitrogens with one attached hydrogen (secondary N) is 1. The standard InChI is InChI=1S/C20H22N2O3S/c1-22-16-13-19(25-3)18(24-2)12-14(16)11-17(22)20(23)21-9-10-26-15-7-5-4-6-8-15/h4-8,11-13H,9-10H2,1-3H3,(H,21,23). The monoisotopic (exact) mass is 370 g/mol. The van der Waals surface area contributed by atoms with Gasteiger partial charge in [-0.05, 0) is 24.3 Å². The highest BCUT2D eigenvalue weighted by Crippen LogP contribution is 2.33. The molecule has 5 nitrogen and oxygen atoms in total. The molecule has 0 saturated carbocycles. The Bertz CT molecular complexity index is 906. The zero-order valence-electron chi connectivity index (χ0n) is 15.1. The van der Waals surface area contributed by atoms with Gasteiger partial charge in [-0.15, -0.1) is 11.8 Å². The van der Waals surface area contributed by atoms with Gasteiger partial charge in [0.05, 0.1) is 19.7 Å². The van der Waals surface area contributed by atoms with Crippen LogP contribution in [-0.4, -0.2) is 37.0 Å². The number of carbonyl (C=O) groups is 1. The first-order chi connectivity index (χ1) is 12.6. The number of benzene rings is 2. The normalized spacial score (nSPS) is 10.7. The molecule has 136 valence electrons. The van der Waals surface area contributed by atoms with Crippen molar-refractivity contribution in [3.05, 3.63) is 54.2 Å². The Morgan fingerprint density at radius 1 is 1.08 bits per heavy atom. The molecule has 0 aliphatic heterocycles. The third-order valence-corrected chi connectivity index (χ3v) is 5.19. The Morgan fingerprint density at radius 3 is 2.46 bits per heavy atom. The van der Waals surface area contributed by atoms with E-state index in [4.69, 9.17) is 9.47 Å². The second kappa shape index (κ2) is 8.19. The van der Waals surface area contributed by atoms with Gasteiger partial charge in [-0.1, -0.05) is 18.2 Å². The lowest BCUT2D eigenvalue weighted by molar-refractivity contribution is 0.0948. The minimum atomic E-state index is -0.0877. The number of carbonyl (C=O) groups excluding carboxylic acids is 1. The maximum Gasteiger partial charge on any atom is 0.267 e. The van der Waals surface area contributed by atoms with Crippen molar-refractivity contribution >= 4 is 28.6 Å². The van der Waals surface area contributed by atoms with E-state index in [1.165, 1.54) is 4.90 Å². The van der Waals surface area contributed by atoms with Gasteiger partial charge in [0.15, 0.2) is 11.5 Å². The second-order valence-electron chi connectivity index (χ2n) is 5.77. The number of hydrogen-bond acceptors (Lipinski definition) is 4. The molecule has 3 aromatic rings. The molecule has 0 saturated heterocycles. The minimum absolute atomic E-state index is 0.0877. The fourth-order valence-corrected chi connectivity index (χ4v) is 3.61. The van der Waals surface area contributed by atoms with E-state index < -0.39 is 0 Å². The van der Waals surface area contributed by atoms with Gasteiger partial charge < -0.3 is 19.4 Å². The highest BCUT2D eigenvalue weighted by Gasteiger charge is 2.16. The predicted octanol–water partition coefficient (Wildman–Crippen LogP) is 3.72. The molecule has 1 heterocycles. The van der Waals surface area contributed by atoms with Crippen molar-refractivity contribution in [3.63, 3.8) is 0 Å². The first-order valence-corrected chi connectivity index (χ1v) is 9.30. The van der Waals surface area contributed by atoms with Crippen LogP contribution in [0.1, 0.15) is 10.5 Å². The predicted molar refractivity (Wildman–Crippen MR) is 106 cm³/mol. The van der Waals surface area contributed by atoms with Crippen molar-refractivity contribution in [1.82, 2.24) is 9.88 Å². The van der Waals surface area contributed by atoms with Gasteiger partial charge in [-0.2, -0.15) is 0 Å². The Hall–Kier alpha value is -2.60. The maximum absolute atomic E-state index is 12.6. The van der Waals surface area contributed by atoms with Crippen LogP contribution in [0.3, 0.4) is 0 Å². The van der Waals surface area contributed by atoms with Crippen molar-refractivity contribution in [2.24, 2.45) is 7.05 Å². The average Bonchev–Trinajstić information content (AvgIpc) is 3.00. The fourth-order valence-electron chi connectivity index (χ4n) is 2.82. The number of nitrogens with zero attached hydrogens (tertiary/aromatic N) is 1. The number of methoxy groups -OCH3 is 2. The summed E-state index contributed by atoms with van der Waals surface area (Å²) in [6, 6.07) is 15.8. The van der Waals surface area contributed by atoms with Crippen molar-refractivity contribution in [2.75, 3.05) is 26.5 Å². The molecule has 0 unspecified atom stereocenters. The van der Waals surface area contributed by atoms with Crippen LogP contribution >= 0.6 is 11.8 Å². The number of amides is 1. The van der Waals surface area contributed by atoms with Crippen molar-refractivity contribution in [1.29, 1.82) is 0 Å². The molecule has 26 heavy (non-hydrogen) atoms. The average molecular weight is 370 g/mol. The first-order valence-electron chi connectivity index (χ1n) is 8.31. The van der Waals surface area contributed by atoms with Crippen LogP contribution in [0.4, 0.5) is 0 Å². The Morgan fingerprint density at radius 2 is 1.77 bits per heavy atom. The highest BCUT2D eigenvalue weighted by atomic mass is 32.2. The van der Waals surface area contributed by atoms with E-state index >= 15 is 0 Å². The summed E-state index contributed by atoms with van der Waals surface area (Å²) in [4.78, 5) is 13.8. The number of aryl methyl sites for hydroxylation is 1. The Kier molecular flexibility index (Phi) is 5.73. The number of hydrogen-bond donors (Lipinski definition) is 1. The Labute approximate surface area is 157 Å². The van der Waals surface area contributed by atoms with Crippen molar-refractivity contribution in [2.45, 2.75) is 4.90 Å². The highest BCUT2D eigenvalue weighted by molar-refractivity contribution is 7.99. The third kappa shape index (κ3) is 3.80. The lowest BCUT2D eigenvalue weighted by atomic mass is 10.2. The lowest BCUT2D eigenvalue weighted by Gasteiger charge is -2.09. The minimum Gasteiger partial charge on any atom is -0.493 e. The molecule has 0 fully saturated rings. The van der Waals surface area contributed by atoms with E-state index in [1.807, 2.05) is 48.0 Å². The third-order valence-electron chi connectivity index (χ3n) is 4.18. The summed E-state index contributed by atoms with van der Waals surface area (Å²) in [5.74, 6) is 2.03. The molecule has 3 rings (SSSR count). The molecule has 0 aliphatic carbocycles. The summed E-state index contributed by atoms with van der Waals surface area (Å²) in [5.41, 5.74) is 1.53. The molecule has 6 heteroatoms. The van der Waals surface area contributed by atoms with Crippen LogP contribution in [0, 0.1) is 0 Å². The van der Waals surface area contributed by atoms with Crippen LogP contribution < -0.4 is 14.8 Å². The van der Waals surface area contributed by atoms with Gasteiger partial charge in [0, 0.05) is 35.7 Å². The molecule has 1 amide bonds. The van der Waals surface area contributed by atoms with Gasteiger partial charge in [0.25, 0.3) is 5.91 Å². The van der Waals surface area contributed by atoms with Crippen LogP contribution in [0.2, 0.25) is 0 Å². The Balaban J connectivity index is 1.69. The smallest absolute Gasteiger partial charge is 0.267 e. The van der Waals surface area contributed by atoms with Gasteiger partial charge in [0.1, 0.15) is 5.69 Å². The van der Waals surface area contributed by atoms with E-state index in [2.05, 4.69) is 17.4 Å². The van der Waals surface area contributed by atoms with Crippen LogP contribution in [-0.2, 0) is 7.05 Å². The topological polar surface area (TPSA) is 52.5 Å². The summed E-state index contributed by atoms with van der Waals surface area (Å²) >= 11 is 1.72. The number of fused-ring (bicyclic) bond motifs is 1. The molecule has 1 N–H and O–H groups in total. The fraction of sp³-hybridized carbons (Fsp3) is 0.250. The second-order valence-corrected chi connectivity index (χ2v) is 6.94. The molecule has 2 aromatic carbocycles. The molecule has 0 atom stereocenters. The van der Waals surface area contributed by atoms with Crippen molar-refractivity contribution in [3.8, 4) is 11.5 Å². The zero-order valence-corrected chi connectivity index (χ0v) is 15.9. The van der Waals surface area contributed by atoms with E-state index in [0.717, 1.165) is 16.7 Å². The quantitative estimate of drug-likeness (QED) is 0.509. The van der Waals surface area contributed by atoms with Gasteiger partial charge in [0.2, 0.25) is 0 Å². The molecule has 1 aromatic heterocycles. The van der Waals surface area contributed by atoms with Crippen LogP contribution in [0.15, 0.2) is 53.4 Å². The molecule has 0 spiro atoms. The van der Waals surface area contributed by atoms with E-state index in [0.29, 0.717) is 23.7 Å². The summed E-state index contributed by atoms with van der Waals surface area (Å²) in [6.07, 6.45) is 0. The summed E-state index contributed by atoms with van der Waals surface area (Å²) in [6.45, 7) is 0.604. The van der Waals surface area contributed by atoms with E-state index in [1.54, 1.807) is 26.0 Å². The molecular weight excluding hydrogens is 348 g/mol. The van der Waals surface area contributed by atoms with Gasteiger partial charge >= 0.3 is 0 Å². The molecule has 0 aliphatic rings. The van der Waals surface area contributed by atoms with E-state index in [-0.39, 0.29) is 5.91 Å². The van der Waals surface area contributed by atoms with E-state index in [9.17, 15) is 4.79 Å². The molecule has 0 bridgehead atoms. The largest absolute Gasteiger partial charge is 0.493 e. The summed E-state index contributed by atoms with van der Waals surface area (Å²) in [5, 5.41) is 3.92. The number of aromatic nitrogens is 1. The number of thioether (sulfide) groups is 1. The number of rotatable bonds is 7. The molecule has 0 radical (unpaired) electrons. The van der Waals surface area contributed by atoms with Gasteiger partial charge in [-0.3, -0.25) is 4.79 Å².